The fraction of sp³-hybridized carbons (Fsp3) is 0.690. The molecule has 184 valence electrons. The molecule has 0 unspecified atom stereocenters. The van der Waals surface area contributed by atoms with Crippen molar-refractivity contribution in [3.8, 4) is 0 Å². The average Bonchev–Trinajstić information content (AvgIpc) is 3.16. The van der Waals surface area contributed by atoms with E-state index in [1.165, 1.54) is 102 Å². The molecule has 0 bridgehead atoms. The number of aromatic nitrogens is 1. The number of unbranched alkanes of at least 4 members (excludes halogenated alkanes) is 3. The number of rotatable bonds is 12. The summed E-state index contributed by atoms with van der Waals surface area (Å²) in [5.41, 5.74) is 3.66. The van der Waals surface area contributed by atoms with Crippen molar-refractivity contribution < 1.29 is 9.53 Å². The molecule has 1 aliphatic rings. The first-order valence-corrected chi connectivity index (χ1v) is 21.2. The van der Waals surface area contributed by atoms with Crippen molar-refractivity contribution in [2.24, 2.45) is 7.05 Å². The predicted molar refractivity (Wildman–Crippen MR) is 145 cm³/mol. The molecule has 1 aromatic heterocycles. The number of carbonyl (C=O) groups excluding carboxylic acids is 1. The molecular weight excluding hydrogens is 513 g/mol. The number of nitrogens with zero attached hydrogens (tertiary/aromatic N) is 1. The second-order valence-corrected chi connectivity index (χ2v) is 23.4. The van der Waals surface area contributed by atoms with Gasteiger partial charge in [0.25, 0.3) is 0 Å². The van der Waals surface area contributed by atoms with Gasteiger partial charge >= 0.3 is 207 Å². The number of esters is 1. The first-order chi connectivity index (χ1) is 16.0. The van der Waals surface area contributed by atoms with Crippen LogP contribution in [-0.2, 0) is 11.8 Å². The maximum absolute atomic E-state index is 12.4. The average molecular weight is 560 g/mol. The van der Waals surface area contributed by atoms with Gasteiger partial charge in [0.1, 0.15) is 0 Å². The normalized spacial score (nSPS) is 15.3. The fourth-order valence-electron chi connectivity index (χ4n) is 6.43. The molecule has 4 heteroatoms. The van der Waals surface area contributed by atoms with Crippen molar-refractivity contribution in [3.63, 3.8) is 0 Å². The Bertz CT molecular complexity index is 888. The first kappa shape index (κ1) is 26.6. The van der Waals surface area contributed by atoms with Crippen LogP contribution in [0.5, 0.6) is 0 Å². The summed E-state index contributed by atoms with van der Waals surface area (Å²) in [6.07, 6.45) is 14.8. The molecule has 33 heavy (non-hydrogen) atoms. The quantitative estimate of drug-likeness (QED) is 0.194. The third kappa shape index (κ3) is 5.82. The number of benzene rings is 1. The second kappa shape index (κ2) is 12.7. The standard InChI is InChI=1S/C17H20NO2.3C4H9.Sn/c1-18-11-15(12-6-4-3-5-7-12)14-9-8-13(10-16(14)18)17(19)20-2;3*1-3-4-2;/h8-10,12H,3-7H2,1-2H3;3*1,3-4H2,2H3;. The van der Waals surface area contributed by atoms with Gasteiger partial charge in [0.15, 0.2) is 0 Å². The van der Waals surface area contributed by atoms with Crippen molar-refractivity contribution in [2.45, 2.75) is 111 Å². The van der Waals surface area contributed by atoms with Crippen LogP contribution in [0.3, 0.4) is 0 Å². The van der Waals surface area contributed by atoms with E-state index >= 15 is 0 Å². The number of aryl methyl sites for hydroxylation is 1. The van der Waals surface area contributed by atoms with E-state index < -0.39 is 18.4 Å². The number of fused-ring (bicyclic) bond motifs is 1. The topological polar surface area (TPSA) is 31.2 Å². The summed E-state index contributed by atoms with van der Waals surface area (Å²) in [7, 11) is 3.80. The van der Waals surface area contributed by atoms with E-state index in [0.29, 0.717) is 11.5 Å². The van der Waals surface area contributed by atoms with Gasteiger partial charge in [-0.2, -0.15) is 0 Å². The van der Waals surface area contributed by atoms with Crippen LogP contribution >= 0.6 is 0 Å². The first-order valence-electron chi connectivity index (χ1n) is 13.7. The van der Waals surface area contributed by atoms with Gasteiger partial charge in [-0.1, -0.05) is 0 Å². The maximum atomic E-state index is 12.4. The number of ether oxygens (including phenoxy) is 1. The van der Waals surface area contributed by atoms with E-state index in [2.05, 4.69) is 44.5 Å². The Morgan fingerprint density at radius 2 is 1.55 bits per heavy atom. The van der Waals surface area contributed by atoms with Crippen molar-refractivity contribution in [1.29, 1.82) is 0 Å². The number of hydrogen-bond acceptors (Lipinski definition) is 2. The molecule has 2 aromatic rings. The molecule has 0 aliphatic heterocycles. The van der Waals surface area contributed by atoms with Crippen LogP contribution in [0.25, 0.3) is 10.9 Å². The molecule has 0 saturated heterocycles. The van der Waals surface area contributed by atoms with Gasteiger partial charge in [-0.05, 0) is 0 Å². The van der Waals surface area contributed by atoms with E-state index in [1.54, 1.807) is 5.56 Å². The Morgan fingerprint density at radius 3 is 2.06 bits per heavy atom. The zero-order valence-electron chi connectivity index (χ0n) is 22.0. The Balaban J connectivity index is 2.28. The molecule has 0 N–H and O–H groups in total. The summed E-state index contributed by atoms with van der Waals surface area (Å²) in [4.78, 5) is 12.4. The van der Waals surface area contributed by atoms with Crippen LogP contribution in [0.4, 0.5) is 0 Å². The second-order valence-electron chi connectivity index (χ2n) is 10.5. The van der Waals surface area contributed by atoms with Crippen molar-refractivity contribution >= 4 is 39.0 Å². The minimum atomic E-state index is -2.68. The summed E-state index contributed by atoms with van der Waals surface area (Å²) >= 11 is -2.68. The summed E-state index contributed by atoms with van der Waals surface area (Å²) in [6.45, 7) is 7.09. The number of hydrogen-bond donors (Lipinski definition) is 0. The zero-order valence-corrected chi connectivity index (χ0v) is 24.8. The van der Waals surface area contributed by atoms with Crippen LogP contribution < -0.4 is 3.71 Å². The number of methoxy groups -OCH3 is 1. The molecule has 0 atom stereocenters. The van der Waals surface area contributed by atoms with Crippen molar-refractivity contribution in [1.82, 2.24) is 4.57 Å². The van der Waals surface area contributed by atoms with Crippen molar-refractivity contribution in [2.75, 3.05) is 7.11 Å². The SMILES string of the molecule is CCC[CH2][Sn]([CH2]CCC)([CH2]CCC)[c]1c(C2CCCCC2)c2ccc(C(=O)OC)cc2n1C. The molecule has 1 heterocycles. The molecule has 3 nitrogen and oxygen atoms in total. The molecule has 0 spiro atoms. The number of carbonyl (C=O) groups is 1. The minimum absolute atomic E-state index is 0.225. The van der Waals surface area contributed by atoms with Crippen LogP contribution in [0.1, 0.15) is 113 Å². The Kier molecular flexibility index (Phi) is 10.2. The molecule has 1 aromatic carbocycles. The molecule has 1 saturated carbocycles. The monoisotopic (exact) mass is 561 g/mol. The molecule has 0 radical (unpaired) electrons. The van der Waals surface area contributed by atoms with E-state index in [9.17, 15) is 4.79 Å². The Morgan fingerprint density at radius 1 is 0.970 bits per heavy atom. The van der Waals surface area contributed by atoms with Gasteiger partial charge in [-0.3, -0.25) is 0 Å². The fourth-order valence-corrected chi connectivity index (χ4v) is 24.4. The Labute approximate surface area is 206 Å². The van der Waals surface area contributed by atoms with E-state index in [4.69, 9.17) is 4.74 Å². The van der Waals surface area contributed by atoms with Crippen LogP contribution in [0.15, 0.2) is 18.2 Å². The predicted octanol–water partition coefficient (Wildman–Crippen LogP) is 8.07. The van der Waals surface area contributed by atoms with Gasteiger partial charge in [-0.25, -0.2) is 0 Å². The molecule has 1 aliphatic carbocycles. The van der Waals surface area contributed by atoms with Gasteiger partial charge in [0.05, 0.1) is 0 Å². The molecule has 1 fully saturated rings. The molecular formula is C29H47NO2Sn. The van der Waals surface area contributed by atoms with Crippen LogP contribution in [0.2, 0.25) is 13.3 Å². The van der Waals surface area contributed by atoms with Gasteiger partial charge in [0.2, 0.25) is 0 Å². The van der Waals surface area contributed by atoms with E-state index in [-0.39, 0.29) is 5.97 Å². The third-order valence-corrected chi connectivity index (χ3v) is 24.0. The van der Waals surface area contributed by atoms with E-state index in [0.717, 1.165) is 0 Å². The van der Waals surface area contributed by atoms with Crippen LogP contribution in [-0.4, -0.2) is 36.0 Å². The van der Waals surface area contributed by atoms with Crippen LogP contribution in [0, 0.1) is 0 Å². The molecule has 0 amide bonds. The molecule has 3 rings (SSSR count). The summed E-state index contributed by atoms with van der Waals surface area (Å²) in [6, 6.07) is 6.38. The van der Waals surface area contributed by atoms with Gasteiger partial charge in [-0.15, -0.1) is 0 Å². The summed E-state index contributed by atoms with van der Waals surface area (Å²) in [5, 5.41) is 1.43. The summed E-state index contributed by atoms with van der Waals surface area (Å²) < 4.78 is 13.9. The zero-order chi connectivity index (χ0) is 23.8. The third-order valence-electron chi connectivity index (χ3n) is 8.20. The summed E-state index contributed by atoms with van der Waals surface area (Å²) in [5.74, 6) is 0.471. The van der Waals surface area contributed by atoms with Gasteiger partial charge < -0.3 is 0 Å². The van der Waals surface area contributed by atoms with E-state index in [1.807, 2.05) is 9.78 Å². The van der Waals surface area contributed by atoms with Gasteiger partial charge in [0, 0.05) is 0 Å². The Hall–Kier alpha value is -0.971. The van der Waals surface area contributed by atoms with Crippen molar-refractivity contribution in [3.05, 3.63) is 29.3 Å².